The molecule has 1 unspecified atom stereocenters. The van der Waals surface area contributed by atoms with E-state index in [2.05, 4.69) is 5.32 Å². The molecule has 17 heavy (non-hydrogen) atoms. The van der Waals surface area contributed by atoms with E-state index in [0.29, 0.717) is 18.9 Å². The lowest BCUT2D eigenvalue weighted by atomic mass is 10.0. The van der Waals surface area contributed by atoms with Crippen LogP contribution in [0.3, 0.4) is 0 Å². The SMILES string of the molecule is CCCCOC(=O)CNC(=O)C(N)CC(C)C. The largest absolute Gasteiger partial charge is 0.464 e. The molecule has 0 saturated carbocycles. The van der Waals surface area contributed by atoms with Crippen LogP contribution in [0.25, 0.3) is 0 Å². The molecule has 1 atom stereocenters. The molecular formula is C12H24N2O3. The van der Waals surface area contributed by atoms with E-state index in [9.17, 15) is 9.59 Å². The van der Waals surface area contributed by atoms with Gasteiger partial charge < -0.3 is 15.8 Å². The molecule has 5 heteroatoms. The molecule has 0 aliphatic carbocycles. The summed E-state index contributed by atoms with van der Waals surface area (Å²) in [6.07, 6.45) is 2.42. The molecule has 0 aromatic carbocycles. The number of esters is 1. The third-order valence-electron chi connectivity index (χ3n) is 2.23. The van der Waals surface area contributed by atoms with Crippen LogP contribution in [0.15, 0.2) is 0 Å². The van der Waals surface area contributed by atoms with Crippen molar-refractivity contribution in [3.8, 4) is 0 Å². The van der Waals surface area contributed by atoms with Crippen LogP contribution in [0.2, 0.25) is 0 Å². The quantitative estimate of drug-likeness (QED) is 0.489. The number of amides is 1. The molecule has 0 radical (unpaired) electrons. The van der Waals surface area contributed by atoms with Crippen molar-refractivity contribution in [3.05, 3.63) is 0 Å². The topological polar surface area (TPSA) is 81.4 Å². The molecule has 0 fully saturated rings. The second-order valence-electron chi connectivity index (χ2n) is 4.53. The minimum absolute atomic E-state index is 0.103. The second kappa shape index (κ2) is 8.98. The first-order valence-electron chi connectivity index (χ1n) is 6.16. The van der Waals surface area contributed by atoms with Crippen molar-refractivity contribution in [1.29, 1.82) is 0 Å². The van der Waals surface area contributed by atoms with Crippen LogP contribution in [-0.2, 0) is 14.3 Å². The summed E-state index contributed by atoms with van der Waals surface area (Å²) in [4.78, 5) is 22.7. The van der Waals surface area contributed by atoms with Gasteiger partial charge in [-0.15, -0.1) is 0 Å². The van der Waals surface area contributed by atoms with Crippen molar-refractivity contribution in [2.45, 2.75) is 46.1 Å². The molecule has 0 aliphatic rings. The lowest BCUT2D eigenvalue weighted by Crippen LogP contribution is -2.43. The monoisotopic (exact) mass is 244 g/mol. The first-order chi connectivity index (χ1) is 7.97. The number of carbonyl (C=O) groups excluding carboxylic acids is 2. The van der Waals surface area contributed by atoms with Crippen LogP contribution in [0.5, 0.6) is 0 Å². The lowest BCUT2D eigenvalue weighted by molar-refractivity contribution is -0.144. The van der Waals surface area contributed by atoms with E-state index in [4.69, 9.17) is 10.5 Å². The highest BCUT2D eigenvalue weighted by Gasteiger charge is 2.15. The highest BCUT2D eigenvalue weighted by Crippen LogP contribution is 2.02. The Bertz CT molecular complexity index is 242. The average molecular weight is 244 g/mol. The Morgan fingerprint density at radius 1 is 1.35 bits per heavy atom. The number of unbranched alkanes of at least 4 members (excludes halogenated alkanes) is 1. The van der Waals surface area contributed by atoms with Crippen LogP contribution < -0.4 is 11.1 Å². The number of nitrogens with one attached hydrogen (secondary N) is 1. The summed E-state index contributed by atoms with van der Waals surface area (Å²) in [5.74, 6) is -0.359. The molecule has 5 nitrogen and oxygen atoms in total. The predicted molar refractivity (Wildman–Crippen MR) is 66.3 cm³/mol. The number of nitrogens with two attached hydrogens (primary N) is 1. The van der Waals surface area contributed by atoms with Gasteiger partial charge in [-0.3, -0.25) is 9.59 Å². The van der Waals surface area contributed by atoms with E-state index in [1.165, 1.54) is 0 Å². The molecule has 100 valence electrons. The smallest absolute Gasteiger partial charge is 0.325 e. The Kier molecular flexibility index (Phi) is 8.40. The maximum absolute atomic E-state index is 11.5. The number of carbonyl (C=O) groups is 2. The van der Waals surface area contributed by atoms with Gasteiger partial charge in [-0.25, -0.2) is 0 Å². The van der Waals surface area contributed by atoms with Crippen molar-refractivity contribution in [1.82, 2.24) is 5.32 Å². The number of ether oxygens (including phenoxy) is 1. The van der Waals surface area contributed by atoms with Gasteiger partial charge in [-0.2, -0.15) is 0 Å². The summed E-state index contributed by atoms with van der Waals surface area (Å²) < 4.78 is 4.90. The summed E-state index contributed by atoms with van der Waals surface area (Å²) in [6, 6.07) is -0.557. The molecule has 3 N–H and O–H groups in total. The summed E-state index contributed by atoms with van der Waals surface area (Å²) in [5.41, 5.74) is 5.66. The van der Waals surface area contributed by atoms with Gasteiger partial charge in [-0.05, 0) is 18.8 Å². The average Bonchev–Trinajstić information content (AvgIpc) is 2.25. The highest BCUT2D eigenvalue weighted by molar-refractivity contribution is 5.85. The van der Waals surface area contributed by atoms with Crippen molar-refractivity contribution in [2.75, 3.05) is 13.2 Å². The predicted octanol–water partition coefficient (Wildman–Crippen LogP) is 0.819. The van der Waals surface area contributed by atoms with Gasteiger partial charge in [0.15, 0.2) is 0 Å². The Morgan fingerprint density at radius 3 is 2.53 bits per heavy atom. The Hall–Kier alpha value is -1.10. The van der Waals surface area contributed by atoms with Crippen molar-refractivity contribution >= 4 is 11.9 Å². The molecule has 0 saturated heterocycles. The fourth-order valence-corrected chi connectivity index (χ4v) is 1.29. The van der Waals surface area contributed by atoms with Crippen LogP contribution in [0.4, 0.5) is 0 Å². The van der Waals surface area contributed by atoms with Crippen LogP contribution in [0, 0.1) is 5.92 Å². The Balaban J connectivity index is 3.71. The zero-order valence-electron chi connectivity index (χ0n) is 11.0. The first kappa shape index (κ1) is 15.9. The van der Waals surface area contributed by atoms with Gasteiger partial charge >= 0.3 is 5.97 Å². The van der Waals surface area contributed by atoms with Gasteiger partial charge in [0.2, 0.25) is 5.91 Å². The summed E-state index contributed by atoms with van der Waals surface area (Å²) in [7, 11) is 0. The molecule has 0 aromatic rings. The lowest BCUT2D eigenvalue weighted by Gasteiger charge is -2.13. The van der Waals surface area contributed by atoms with Crippen molar-refractivity contribution in [3.63, 3.8) is 0 Å². The van der Waals surface area contributed by atoms with Gasteiger partial charge in [0.25, 0.3) is 0 Å². The zero-order valence-corrected chi connectivity index (χ0v) is 11.0. The number of hydrogen-bond donors (Lipinski definition) is 2. The second-order valence-corrected chi connectivity index (χ2v) is 4.53. The van der Waals surface area contributed by atoms with E-state index in [1.807, 2.05) is 20.8 Å². The Labute approximate surface area is 103 Å². The van der Waals surface area contributed by atoms with Crippen LogP contribution in [0.1, 0.15) is 40.0 Å². The normalized spacial score (nSPS) is 12.3. The van der Waals surface area contributed by atoms with E-state index >= 15 is 0 Å². The van der Waals surface area contributed by atoms with E-state index < -0.39 is 12.0 Å². The van der Waals surface area contributed by atoms with Gasteiger partial charge in [0.1, 0.15) is 6.54 Å². The molecular weight excluding hydrogens is 220 g/mol. The minimum atomic E-state index is -0.557. The molecule has 0 aliphatic heterocycles. The molecule has 0 spiro atoms. The van der Waals surface area contributed by atoms with Crippen molar-refractivity contribution in [2.24, 2.45) is 11.7 Å². The Morgan fingerprint density at radius 2 is 2.00 bits per heavy atom. The number of hydrogen-bond acceptors (Lipinski definition) is 4. The van der Waals surface area contributed by atoms with E-state index in [-0.39, 0.29) is 12.5 Å². The van der Waals surface area contributed by atoms with Crippen LogP contribution in [-0.4, -0.2) is 31.1 Å². The third-order valence-corrected chi connectivity index (χ3v) is 2.23. The standard InChI is InChI=1S/C12H24N2O3/c1-4-5-6-17-11(15)8-14-12(16)10(13)7-9(2)3/h9-10H,4-8,13H2,1-3H3,(H,14,16). The van der Waals surface area contributed by atoms with Crippen LogP contribution >= 0.6 is 0 Å². The molecule has 0 aromatic heterocycles. The molecule has 0 bridgehead atoms. The molecule has 0 rings (SSSR count). The summed E-state index contributed by atoms with van der Waals surface area (Å²) in [6.45, 7) is 6.30. The number of rotatable bonds is 8. The van der Waals surface area contributed by atoms with Gasteiger partial charge in [0, 0.05) is 0 Å². The molecule has 0 heterocycles. The maximum atomic E-state index is 11.5. The van der Waals surface area contributed by atoms with Gasteiger partial charge in [-0.1, -0.05) is 27.2 Å². The van der Waals surface area contributed by atoms with Gasteiger partial charge in [0.05, 0.1) is 12.6 Å². The summed E-state index contributed by atoms with van der Waals surface area (Å²) in [5, 5.41) is 2.48. The van der Waals surface area contributed by atoms with E-state index in [1.54, 1.807) is 0 Å². The zero-order chi connectivity index (χ0) is 13.3. The maximum Gasteiger partial charge on any atom is 0.325 e. The van der Waals surface area contributed by atoms with E-state index in [0.717, 1.165) is 12.8 Å². The third kappa shape index (κ3) is 8.68. The van der Waals surface area contributed by atoms with Crippen molar-refractivity contribution < 1.29 is 14.3 Å². The summed E-state index contributed by atoms with van der Waals surface area (Å²) >= 11 is 0. The molecule has 1 amide bonds. The first-order valence-corrected chi connectivity index (χ1v) is 6.16. The fourth-order valence-electron chi connectivity index (χ4n) is 1.29. The highest BCUT2D eigenvalue weighted by atomic mass is 16.5. The fraction of sp³-hybridized carbons (Fsp3) is 0.833. The minimum Gasteiger partial charge on any atom is -0.464 e.